The fourth-order valence-corrected chi connectivity index (χ4v) is 1.97. The summed E-state index contributed by atoms with van der Waals surface area (Å²) in [6.07, 6.45) is 0. The molecule has 0 atom stereocenters. The van der Waals surface area contributed by atoms with Crippen molar-refractivity contribution >= 4 is 21.6 Å². The summed E-state index contributed by atoms with van der Waals surface area (Å²) in [5, 5.41) is 0. The molecule has 1 aromatic rings. The van der Waals surface area contributed by atoms with Crippen LogP contribution in [0, 0.1) is 11.6 Å². The fourth-order valence-electron chi connectivity index (χ4n) is 1.10. The average Bonchev–Trinajstić information content (AvgIpc) is 2.26. The van der Waals surface area contributed by atoms with Crippen molar-refractivity contribution in [2.45, 2.75) is 0 Å². The number of hydrogen-bond donors (Lipinski definition) is 3. The minimum Gasteiger partial charge on any atom is -0.396 e. The van der Waals surface area contributed by atoms with Crippen LogP contribution < -0.4 is 15.2 Å². The molecule has 0 heterocycles. The van der Waals surface area contributed by atoms with Gasteiger partial charge >= 0.3 is 0 Å². The normalized spacial score (nSPS) is 11.5. The summed E-state index contributed by atoms with van der Waals surface area (Å²) in [6.45, 7) is 0.180. The Balaban J connectivity index is 2.81. The number of benzene rings is 1. The van der Waals surface area contributed by atoms with Crippen molar-refractivity contribution < 1.29 is 21.9 Å². The molecule has 6 nitrogen and oxygen atoms in total. The van der Waals surface area contributed by atoms with E-state index in [-0.39, 0.29) is 18.8 Å². The molecule has 0 bridgehead atoms. The Bertz CT molecular complexity index is 522. The van der Waals surface area contributed by atoms with Crippen molar-refractivity contribution in [1.29, 1.82) is 0 Å². The van der Waals surface area contributed by atoms with Gasteiger partial charge in [-0.15, -0.1) is 0 Å². The third kappa shape index (κ3) is 4.09. The molecule has 0 saturated heterocycles. The zero-order chi connectivity index (χ0) is 13.8. The molecule has 0 fully saturated rings. The van der Waals surface area contributed by atoms with Crippen LogP contribution in [0.15, 0.2) is 12.1 Å². The first kappa shape index (κ1) is 14.6. The predicted octanol–water partition coefficient (Wildman–Crippen LogP) is 0.440. The number of hydrogen-bond acceptors (Lipinski definition) is 4. The van der Waals surface area contributed by atoms with Gasteiger partial charge in [0.25, 0.3) is 10.2 Å². The highest BCUT2D eigenvalue weighted by Gasteiger charge is 2.14. The van der Waals surface area contributed by atoms with Crippen molar-refractivity contribution in [3.8, 4) is 0 Å². The maximum atomic E-state index is 13.3. The highest BCUT2D eigenvalue weighted by molar-refractivity contribution is 7.90. The lowest BCUT2D eigenvalue weighted by Crippen LogP contribution is -2.32. The number of nitrogen functional groups attached to an aromatic ring is 1. The van der Waals surface area contributed by atoms with E-state index in [0.717, 1.165) is 6.07 Å². The van der Waals surface area contributed by atoms with Crippen LogP contribution in [0.25, 0.3) is 0 Å². The molecule has 0 spiro atoms. The number of anilines is 2. The van der Waals surface area contributed by atoms with Gasteiger partial charge in [-0.2, -0.15) is 13.1 Å². The number of nitrogens with one attached hydrogen (secondary N) is 2. The Morgan fingerprint density at radius 3 is 2.61 bits per heavy atom. The van der Waals surface area contributed by atoms with Gasteiger partial charge in [0.15, 0.2) is 0 Å². The SMILES string of the molecule is COCCNS(=O)(=O)Nc1cc(N)c(F)cc1F. The summed E-state index contributed by atoms with van der Waals surface area (Å²) >= 11 is 0. The molecule has 1 rings (SSSR count). The van der Waals surface area contributed by atoms with Gasteiger partial charge in [0.1, 0.15) is 11.6 Å². The quantitative estimate of drug-likeness (QED) is 0.521. The Labute approximate surface area is 103 Å². The fraction of sp³-hybridized carbons (Fsp3) is 0.333. The smallest absolute Gasteiger partial charge is 0.299 e. The lowest BCUT2D eigenvalue weighted by molar-refractivity contribution is 0.204. The molecule has 0 aliphatic heterocycles. The molecule has 0 aromatic heterocycles. The van der Waals surface area contributed by atoms with Crippen LogP contribution in [-0.4, -0.2) is 28.7 Å². The van der Waals surface area contributed by atoms with E-state index < -0.39 is 27.5 Å². The second-order valence-corrected chi connectivity index (χ2v) is 4.85. The second-order valence-electron chi connectivity index (χ2n) is 3.35. The van der Waals surface area contributed by atoms with Gasteiger partial charge in [0.2, 0.25) is 0 Å². The minimum atomic E-state index is -3.96. The van der Waals surface area contributed by atoms with Crippen LogP contribution in [0.3, 0.4) is 0 Å². The van der Waals surface area contributed by atoms with Crippen molar-refractivity contribution in [2.75, 3.05) is 30.7 Å². The Hall–Kier alpha value is -1.45. The number of halogens is 2. The number of rotatable bonds is 6. The van der Waals surface area contributed by atoms with E-state index in [1.807, 2.05) is 4.72 Å². The van der Waals surface area contributed by atoms with E-state index in [2.05, 4.69) is 9.46 Å². The monoisotopic (exact) mass is 281 g/mol. The summed E-state index contributed by atoms with van der Waals surface area (Å²) in [7, 11) is -2.55. The number of methoxy groups -OCH3 is 1. The molecule has 1 aromatic carbocycles. The molecule has 0 aliphatic carbocycles. The lowest BCUT2D eigenvalue weighted by atomic mass is 10.2. The summed E-state index contributed by atoms with van der Waals surface area (Å²) < 4.78 is 57.7. The largest absolute Gasteiger partial charge is 0.396 e. The maximum Gasteiger partial charge on any atom is 0.299 e. The Kier molecular flexibility index (Phi) is 4.82. The van der Waals surface area contributed by atoms with Gasteiger partial charge in [0, 0.05) is 19.7 Å². The molecule has 0 unspecified atom stereocenters. The molecule has 0 aliphatic rings. The lowest BCUT2D eigenvalue weighted by Gasteiger charge is -2.10. The molecule has 0 saturated carbocycles. The van der Waals surface area contributed by atoms with Gasteiger partial charge in [0.05, 0.1) is 18.0 Å². The zero-order valence-electron chi connectivity index (χ0n) is 9.54. The summed E-state index contributed by atoms with van der Waals surface area (Å²) in [5.41, 5.74) is 4.43. The highest BCUT2D eigenvalue weighted by Crippen LogP contribution is 2.21. The van der Waals surface area contributed by atoms with Gasteiger partial charge in [-0.1, -0.05) is 0 Å². The van der Waals surface area contributed by atoms with Crippen molar-refractivity contribution in [2.24, 2.45) is 0 Å². The molecular weight excluding hydrogens is 268 g/mol. The molecule has 18 heavy (non-hydrogen) atoms. The van der Waals surface area contributed by atoms with E-state index in [1.54, 1.807) is 0 Å². The maximum absolute atomic E-state index is 13.3. The molecule has 0 amide bonds. The van der Waals surface area contributed by atoms with Crippen molar-refractivity contribution in [1.82, 2.24) is 4.72 Å². The molecular formula is C9H13F2N3O3S. The van der Waals surface area contributed by atoms with Gasteiger partial charge in [-0.25, -0.2) is 8.78 Å². The number of nitrogens with two attached hydrogens (primary N) is 1. The first-order valence-electron chi connectivity index (χ1n) is 4.86. The van der Waals surface area contributed by atoms with Crippen LogP contribution in [-0.2, 0) is 14.9 Å². The Morgan fingerprint density at radius 2 is 2.00 bits per heavy atom. The van der Waals surface area contributed by atoms with E-state index in [1.165, 1.54) is 7.11 Å². The molecule has 4 N–H and O–H groups in total. The Morgan fingerprint density at radius 1 is 1.33 bits per heavy atom. The van der Waals surface area contributed by atoms with E-state index >= 15 is 0 Å². The van der Waals surface area contributed by atoms with Crippen LogP contribution in [0.5, 0.6) is 0 Å². The molecule has 102 valence electrons. The third-order valence-corrected chi connectivity index (χ3v) is 3.00. The number of ether oxygens (including phenoxy) is 1. The first-order valence-corrected chi connectivity index (χ1v) is 6.35. The van der Waals surface area contributed by atoms with E-state index in [0.29, 0.717) is 6.07 Å². The molecule has 0 radical (unpaired) electrons. The van der Waals surface area contributed by atoms with Gasteiger partial charge in [-0.3, -0.25) is 4.72 Å². The minimum absolute atomic E-state index is 0.0180. The van der Waals surface area contributed by atoms with Crippen LogP contribution in [0.4, 0.5) is 20.2 Å². The summed E-state index contributed by atoms with van der Waals surface area (Å²) in [6, 6.07) is 1.36. The summed E-state index contributed by atoms with van der Waals surface area (Å²) in [5.74, 6) is -2.01. The molecule has 9 heteroatoms. The average molecular weight is 281 g/mol. The van der Waals surface area contributed by atoms with Crippen LogP contribution >= 0.6 is 0 Å². The van der Waals surface area contributed by atoms with Crippen molar-refractivity contribution in [3.05, 3.63) is 23.8 Å². The highest BCUT2D eigenvalue weighted by atomic mass is 32.2. The van der Waals surface area contributed by atoms with Crippen molar-refractivity contribution in [3.63, 3.8) is 0 Å². The summed E-state index contributed by atoms with van der Waals surface area (Å²) in [4.78, 5) is 0. The zero-order valence-corrected chi connectivity index (χ0v) is 10.4. The van der Waals surface area contributed by atoms with Gasteiger partial charge < -0.3 is 10.5 Å². The topological polar surface area (TPSA) is 93.4 Å². The van der Waals surface area contributed by atoms with Crippen LogP contribution in [0.2, 0.25) is 0 Å². The van der Waals surface area contributed by atoms with E-state index in [4.69, 9.17) is 5.73 Å². The van der Waals surface area contributed by atoms with Crippen LogP contribution in [0.1, 0.15) is 0 Å². The standard InChI is InChI=1S/C9H13F2N3O3S/c1-17-3-2-13-18(15,16)14-9-5-8(12)6(10)4-7(9)11/h4-5,13-14H,2-3,12H2,1H3. The predicted molar refractivity (Wildman–Crippen MR) is 63.2 cm³/mol. The van der Waals surface area contributed by atoms with Gasteiger partial charge in [-0.05, 0) is 6.07 Å². The second kappa shape index (κ2) is 5.94. The first-order chi connectivity index (χ1) is 8.35. The third-order valence-electron chi connectivity index (χ3n) is 1.93. The van der Waals surface area contributed by atoms with E-state index in [9.17, 15) is 17.2 Å².